The van der Waals surface area contributed by atoms with Crippen molar-refractivity contribution < 1.29 is 12.6 Å². The highest BCUT2D eigenvalue weighted by Gasteiger charge is 2.57. The van der Waals surface area contributed by atoms with E-state index in [1.807, 2.05) is 12.1 Å². The number of benzene rings is 1. The first-order valence-corrected chi connectivity index (χ1v) is 13.0. The van der Waals surface area contributed by atoms with Gasteiger partial charge < -0.3 is 4.18 Å². The molecule has 29 heavy (non-hydrogen) atoms. The fraction of sp³-hybridized carbons (Fsp3) is 0.667. The molecule has 3 fully saturated rings. The summed E-state index contributed by atoms with van der Waals surface area (Å²) in [6.07, 6.45) is 9.68. The highest BCUT2D eigenvalue weighted by atomic mass is 32.2. The van der Waals surface area contributed by atoms with Crippen molar-refractivity contribution in [1.82, 2.24) is 4.90 Å². The quantitative estimate of drug-likeness (QED) is 0.543. The summed E-state index contributed by atoms with van der Waals surface area (Å²) in [5.74, 6) is 2.57. The van der Waals surface area contributed by atoms with Crippen molar-refractivity contribution in [3.05, 3.63) is 41.5 Å². The predicted molar refractivity (Wildman–Crippen MR) is 116 cm³/mol. The molecule has 158 valence electrons. The van der Waals surface area contributed by atoms with Crippen LogP contribution in [0.3, 0.4) is 0 Å². The minimum absolute atomic E-state index is 0.0833. The molecule has 0 N–H and O–H groups in total. The van der Waals surface area contributed by atoms with Gasteiger partial charge in [-0.3, -0.25) is 4.90 Å². The van der Waals surface area contributed by atoms with Crippen molar-refractivity contribution in [2.45, 2.75) is 63.3 Å². The van der Waals surface area contributed by atoms with Crippen LogP contribution in [0.4, 0.5) is 0 Å². The van der Waals surface area contributed by atoms with Crippen LogP contribution in [-0.2, 0) is 22.0 Å². The fourth-order valence-corrected chi connectivity index (χ4v) is 7.50. The lowest BCUT2D eigenvalue weighted by atomic mass is 9.49. The third-order valence-corrected chi connectivity index (χ3v) is 8.66. The highest BCUT2D eigenvalue weighted by Crippen LogP contribution is 2.59. The molecule has 0 aromatic heterocycles. The molecule has 4 atom stereocenters. The molecule has 4 aliphatic rings. The topological polar surface area (TPSA) is 46.6 Å². The molecular weight excluding hydrogens is 382 g/mol. The largest absolute Gasteiger partial charge is 0.383 e. The first kappa shape index (κ1) is 19.6. The van der Waals surface area contributed by atoms with Crippen LogP contribution in [-0.4, -0.2) is 38.7 Å². The minimum atomic E-state index is -3.52. The fourth-order valence-electron chi connectivity index (χ4n) is 7.05. The van der Waals surface area contributed by atoms with Gasteiger partial charge in [0.25, 0.3) is 0 Å². The van der Waals surface area contributed by atoms with Crippen molar-refractivity contribution in [1.29, 1.82) is 0 Å². The van der Waals surface area contributed by atoms with Crippen LogP contribution in [0.1, 0.15) is 56.6 Å². The molecule has 0 radical (unpaired) electrons. The summed E-state index contributed by atoms with van der Waals surface area (Å²) in [6, 6.07) is 6.59. The van der Waals surface area contributed by atoms with Crippen LogP contribution < -0.4 is 4.18 Å². The van der Waals surface area contributed by atoms with Crippen molar-refractivity contribution in [2.75, 3.05) is 19.3 Å². The van der Waals surface area contributed by atoms with E-state index in [9.17, 15) is 8.42 Å². The van der Waals surface area contributed by atoms with Crippen molar-refractivity contribution in [3.63, 3.8) is 0 Å². The Labute approximate surface area is 175 Å². The second-order valence-electron chi connectivity index (χ2n) is 10.2. The molecule has 5 heteroatoms. The first-order valence-electron chi connectivity index (χ1n) is 11.2. The van der Waals surface area contributed by atoms with E-state index in [0.29, 0.717) is 23.6 Å². The van der Waals surface area contributed by atoms with Gasteiger partial charge >= 0.3 is 10.1 Å². The van der Waals surface area contributed by atoms with Gasteiger partial charge in [0, 0.05) is 18.0 Å². The lowest BCUT2D eigenvalue weighted by Crippen LogP contribution is -2.63. The maximum Gasteiger partial charge on any atom is 0.306 e. The highest BCUT2D eigenvalue weighted by molar-refractivity contribution is 7.86. The van der Waals surface area contributed by atoms with Crippen molar-refractivity contribution in [2.24, 2.45) is 17.8 Å². The average Bonchev–Trinajstić information content (AvgIpc) is 2.58. The summed E-state index contributed by atoms with van der Waals surface area (Å²) in [6.45, 7) is 9.22. The molecular formula is C24H33NO3S. The van der Waals surface area contributed by atoms with Gasteiger partial charge in [-0.1, -0.05) is 31.6 Å². The zero-order chi connectivity index (χ0) is 20.4. The van der Waals surface area contributed by atoms with E-state index in [1.165, 1.54) is 42.5 Å². The zero-order valence-electron chi connectivity index (χ0n) is 17.7. The molecule has 4 nitrogen and oxygen atoms in total. The Morgan fingerprint density at radius 2 is 2.07 bits per heavy atom. The molecule has 0 spiro atoms. The summed E-state index contributed by atoms with van der Waals surface area (Å²) >= 11 is 0. The third kappa shape index (κ3) is 3.34. The average molecular weight is 416 g/mol. The Hall–Kier alpha value is -1.33. The third-order valence-electron chi connectivity index (χ3n) is 8.17. The maximum atomic E-state index is 11.7. The summed E-state index contributed by atoms with van der Waals surface area (Å²) in [5, 5.41) is 0. The molecule has 1 heterocycles. The Balaban J connectivity index is 1.57. The monoisotopic (exact) mass is 415 g/mol. The smallest absolute Gasteiger partial charge is 0.306 e. The molecule has 2 bridgehead atoms. The molecule has 3 aliphatic carbocycles. The number of hydrogen-bond donors (Lipinski definition) is 0. The number of allylic oxidation sites excluding steroid dienone is 1. The van der Waals surface area contributed by atoms with E-state index in [2.05, 4.69) is 24.5 Å². The maximum absolute atomic E-state index is 11.7. The standard InChI is InChI=1S/C24H33NO3S/c1-16-11-17(2)23-22-12-19-7-8-20(28-29(3,26)27)13-21(19)24(23,14-16)9-10-25(22)15-18-5-4-6-18/h7-8,13,17-18,22-23H,1,4-6,9-12,14-15H2,2-3H3/t17-,22+,23-,24+/m0/s1. The zero-order valence-corrected chi connectivity index (χ0v) is 18.5. The van der Waals surface area contributed by atoms with Crippen LogP contribution in [0.2, 0.25) is 0 Å². The Kier molecular flexibility index (Phi) is 4.63. The summed E-state index contributed by atoms with van der Waals surface area (Å²) < 4.78 is 28.7. The van der Waals surface area contributed by atoms with Gasteiger partial charge in [0.15, 0.2) is 0 Å². The molecule has 0 unspecified atom stereocenters. The van der Waals surface area contributed by atoms with E-state index < -0.39 is 10.1 Å². The van der Waals surface area contributed by atoms with Crippen LogP contribution in [0.25, 0.3) is 0 Å². The number of hydrogen-bond acceptors (Lipinski definition) is 4. The molecule has 2 saturated carbocycles. The van der Waals surface area contributed by atoms with Gasteiger partial charge in [0.2, 0.25) is 0 Å². The number of nitrogens with zero attached hydrogens (tertiary/aromatic N) is 1. The molecule has 1 aliphatic heterocycles. The van der Waals surface area contributed by atoms with E-state index in [1.54, 1.807) is 0 Å². The van der Waals surface area contributed by atoms with Crippen LogP contribution in [0, 0.1) is 17.8 Å². The first-order chi connectivity index (χ1) is 13.7. The SMILES string of the molecule is C=C1C[C@H](C)[C@H]2[C@H]3Cc4ccc(OS(C)(=O)=O)cc4[C@@]2(CCN3CC2CCC2)C1. The molecule has 0 amide bonds. The second-order valence-corrected chi connectivity index (χ2v) is 11.8. The Morgan fingerprint density at radius 1 is 1.28 bits per heavy atom. The Morgan fingerprint density at radius 3 is 2.76 bits per heavy atom. The van der Waals surface area contributed by atoms with Gasteiger partial charge in [-0.25, -0.2) is 0 Å². The lowest BCUT2D eigenvalue weighted by Gasteiger charge is -2.62. The summed E-state index contributed by atoms with van der Waals surface area (Å²) in [4.78, 5) is 2.81. The lowest BCUT2D eigenvalue weighted by molar-refractivity contribution is -0.0376. The van der Waals surface area contributed by atoms with Gasteiger partial charge in [-0.2, -0.15) is 8.42 Å². The summed E-state index contributed by atoms with van der Waals surface area (Å²) in [7, 11) is -3.52. The number of piperidine rings is 1. The number of fused-ring (bicyclic) bond motifs is 1. The molecule has 1 saturated heterocycles. The van der Waals surface area contributed by atoms with Gasteiger partial charge in [-0.05, 0) is 86.1 Å². The number of likely N-dealkylation sites (tertiary alicyclic amines) is 1. The molecule has 1 aromatic rings. The van der Waals surface area contributed by atoms with Crippen LogP contribution in [0.15, 0.2) is 30.4 Å². The molecule has 5 rings (SSSR count). The minimum Gasteiger partial charge on any atom is -0.383 e. The van der Waals surface area contributed by atoms with Crippen LogP contribution in [0.5, 0.6) is 5.75 Å². The van der Waals surface area contributed by atoms with E-state index >= 15 is 0 Å². The van der Waals surface area contributed by atoms with Gasteiger partial charge in [0.1, 0.15) is 5.75 Å². The predicted octanol–water partition coefficient (Wildman–Crippen LogP) is 4.30. The Bertz CT molecular complexity index is 935. The van der Waals surface area contributed by atoms with Gasteiger partial charge in [-0.15, -0.1) is 0 Å². The van der Waals surface area contributed by atoms with E-state index in [-0.39, 0.29) is 5.41 Å². The van der Waals surface area contributed by atoms with Crippen molar-refractivity contribution >= 4 is 10.1 Å². The van der Waals surface area contributed by atoms with Crippen molar-refractivity contribution in [3.8, 4) is 5.75 Å². The van der Waals surface area contributed by atoms with Gasteiger partial charge in [0.05, 0.1) is 6.26 Å². The van der Waals surface area contributed by atoms with E-state index in [0.717, 1.165) is 44.4 Å². The van der Waals surface area contributed by atoms with E-state index in [4.69, 9.17) is 4.18 Å². The molecule has 1 aromatic carbocycles. The van der Waals surface area contributed by atoms with Crippen LogP contribution >= 0.6 is 0 Å². The normalized spacial score (nSPS) is 34.8. The summed E-state index contributed by atoms with van der Waals surface area (Å²) in [5.41, 5.74) is 4.14. The second kappa shape index (κ2) is 6.84. The number of rotatable bonds is 4.